The number of hydrogen-bond acceptors (Lipinski definition) is 5. The molecule has 1 rings (SSSR count). The van der Waals surface area contributed by atoms with Crippen LogP contribution in [0.2, 0.25) is 0 Å². The average Bonchev–Trinajstić information content (AvgIpc) is 2.32. The van der Waals surface area contributed by atoms with E-state index in [0.717, 1.165) is 12.8 Å². The molecule has 0 aliphatic carbocycles. The molecular formula is C13H25NO4. The SMILES string of the molecule is CCNC(COC1CC(C)OC(C)C1)C(=O)OC. The Kier molecular flexibility index (Phi) is 6.60. The number of rotatable bonds is 6. The quantitative estimate of drug-likeness (QED) is 0.724. The highest BCUT2D eigenvalue weighted by molar-refractivity contribution is 5.75. The van der Waals surface area contributed by atoms with Crippen molar-refractivity contribution in [2.45, 2.75) is 58.0 Å². The fourth-order valence-electron chi connectivity index (χ4n) is 2.31. The molecular weight excluding hydrogens is 234 g/mol. The number of carbonyl (C=O) groups is 1. The predicted octanol–water partition coefficient (Wildman–Crippen LogP) is 1.11. The zero-order chi connectivity index (χ0) is 13.5. The molecule has 1 N–H and O–H groups in total. The van der Waals surface area contributed by atoms with Gasteiger partial charge in [0.25, 0.3) is 0 Å². The van der Waals surface area contributed by atoms with Gasteiger partial charge >= 0.3 is 5.97 Å². The number of hydrogen-bond donors (Lipinski definition) is 1. The first-order chi connectivity index (χ1) is 8.56. The van der Waals surface area contributed by atoms with E-state index < -0.39 is 0 Å². The zero-order valence-corrected chi connectivity index (χ0v) is 11.8. The van der Waals surface area contributed by atoms with Gasteiger partial charge < -0.3 is 19.5 Å². The van der Waals surface area contributed by atoms with Crippen LogP contribution < -0.4 is 5.32 Å². The normalized spacial score (nSPS) is 29.9. The molecule has 106 valence electrons. The van der Waals surface area contributed by atoms with Crippen LogP contribution in [0.3, 0.4) is 0 Å². The van der Waals surface area contributed by atoms with Crippen LogP contribution in [0.4, 0.5) is 0 Å². The molecule has 3 unspecified atom stereocenters. The van der Waals surface area contributed by atoms with Gasteiger partial charge in [0.15, 0.2) is 0 Å². The lowest BCUT2D eigenvalue weighted by molar-refractivity contribution is -0.147. The third-order valence-electron chi connectivity index (χ3n) is 3.09. The van der Waals surface area contributed by atoms with Gasteiger partial charge in [-0.2, -0.15) is 0 Å². The molecule has 1 fully saturated rings. The highest BCUT2D eigenvalue weighted by Gasteiger charge is 2.27. The largest absolute Gasteiger partial charge is 0.468 e. The minimum absolute atomic E-state index is 0.162. The predicted molar refractivity (Wildman–Crippen MR) is 68.5 cm³/mol. The molecule has 1 aliphatic rings. The van der Waals surface area contributed by atoms with Crippen molar-refractivity contribution < 1.29 is 19.0 Å². The van der Waals surface area contributed by atoms with Gasteiger partial charge in [0.05, 0.1) is 32.0 Å². The molecule has 1 aliphatic heterocycles. The Labute approximate surface area is 109 Å². The highest BCUT2D eigenvalue weighted by Crippen LogP contribution is 2.21. The van der Waals surface area contributed by atoms with Crippen LogP contribution in [-0.4, -0.2) is 50.6 Å². The van der Waals surface area contributed by atoms with Gasteiger partial charge in [-0.3, -0.25) is 4.79 Å². The summed E-state index contributed by atoms with van der Waals surface area (Å²) in [6.07, 6.45) is 2.35. The topological polar surface area (TPSA) is 56.8 Å². The maximum atomic E-state index is 11.5. The van der Waals surface area contributed by atoms with Crippen LogP contribution in [0, 0.1) is 0 Å². The van der Waals surface area contributed by atoms with Crippen LogP contribution >= 0.6 is 0 Å². The van der Waals surface area contributed by atoms with Gasteiger partial charge in [-0.1, -0.05) is 6.92 Å². The van der Waals surface area contributed by atoms with E-state index in [1.165, 1.54) is 7.11 Å². The lowest BCUT2D eigenvalue weighted by Gasteiger charge is -2.32. The minimum atomic E-state index is -0.381. The molecule has 0 amide bonds. The summed E-state index contributed by atoms with van der Waals surface area (Å²) in [5.74, 6) is -0.273. The Balaban J connectivity index is 2.38. The van der Waals surface area contributed by atoms with Crippen molar-refractivity contribution in [3.05, 3.63) is 0 Å². The highest BCUT2D eigenvalue weighted by atomic mass is 16.5. The van der Waals surface area contributed by atoms with Crippen LogP contribution in [0.15, 0.2) is 0 Å². The molecule has 1 heterocycles. The minimum Gasteiger partial charge on any atom is -0.468 e. The molecule has 0 spiro atoms. The summed E-state index contributed by atoms with van der Waals surface area (Å²) in [5, 5.41) is 3.06. The summed E-state index contributed by atoms with van der Waals surface area (Å²) in [7, 11) is 1.39. The van der Waals surface area contributed by atoms with Gasteiger partial charge in [0.1, 0.15) is 6.04 Å². The first-order valence-electron chi connectivity index (χ1n) is 6.65. The maximum Gasteiger partial charge on any atom is 0.325 e. The average molecular weight is 259 g/mol. The molecule has 1 saturated heterocycles. The van der Waals surface area contributed by atoms with Crippen molar-refractivity contribution >= 4 is 5.97 Å². The van der Waals surface area contributed by atoms with E-state index in [-0.39, 0.29) is 30.3 Å². The van der Waals surface area contributed by atoms with E-state index in [1.807, 2.05) is 20.8 Å². The molecule has 0 aromatic heterocycles. The molecule has 0 saturated carbocycles. The van der Waals surface area contributed by atoms with Gasteiger partial charge in [-0.15, -0.1) is 0 Å². The van der Waals surface area contributed by atoms with E-state index in [1.54, 1.807) is 0 Å². The molecule has 18 heavy (non-hydrogen) atoms. The van der Waals surface area contributed by atoms with Crippen LogP contribution in [-0.2, 0) is 19.0 Å². The smallest absolute Gasteiger partial charge is 0.325 e. The van der Waals surface area contributed by atoms with Crippen LogP contribution in [0.5, 0.6) is 0 Å². The number of likely N-dealkylation sites (N-methyl/N-ethyl adjacent to an activating group) is 1. The van der Waals surface area contributed by atoms with Gasteiger partial charge in [0.2, 0.25) is 0 Å². The Morgan fingerprint density at radius 3 is 2.50 bits per heavy atom. The van der Waals surface area contributed by atoms with Crippen LogP contribution in [0.1, 0.15) is 33.6 Å². The number of carbonyl (C=O) groups excluding carboxylic acids is 1. The molecule has 5 nitrogen and oxygen atoms in total. The standard InChI is InChI=1S/C13H25NO4/c1-5-14-12(13(15)16-4)8-17-11-6-9(2)18-10(3)7-11/h9-12,14H,5-8H2,1-4H3. The summed E-state index contributed by atoms with van der Waals surface area (Å²) in [4.78, 5) is 11.5. The molecule has 0 aromatic carbocycles. The number of nitrogens with one attached hydrogen (secondary N) is 1. The molecule has 0 aromatic rings. The second-order valence-corrected chi connectivity index (χ2v) is 4.82. The molecule has 5 heteroatoms. The second-order valence-electron chi connectivity index (χ2n) is 4.82. The zero-order valence-electron chi connectivity index (χ0n) is 11.8. The Morgan fingerprint density at radius 1 is 1.39 bits per heavy atom. The summed E-state index contributed by atoms with van der Waals surface area (Å²) in [5.41, 5.74) is 0. The van der Waals surface area contributed by atoms with Crippen molar-refractivity contribution in [1.29, 1.82) is 0 Å². The lowest BCUT2D eigenvalue weighted by Crippen LogP contribution is -2.43. The third-order valence-corrected chi connectivity index (χ3v) is 3.09. The fourth-order valence-corrected chi connectivity index (χ4v) is 2.31. The van der Waals surface area contributed by atoms with E-state index in [2.05, 4.69) is 5.32 Å². The molecule has 3 atom stereocenters. The fraction of sp³-hybridized carbons (Fsp3) is 0.923. The molecule has 0 bridgehead atoms. The Bertz CT molecular complexity index is 249. The number of ether oxygens (including phenoxy) is 3. The van der Waals surface area contributed by atoms with Gasteiger partial charge in [-0.05, 0) is 33.2 Å². The number of methoxy groups -OCH3 is 1. The third kappa shape index (κ3) is 4.92. The van der Waals surface area contributed by atoms with E-state index in [4.69, 9.17) is 14.2 Å². The van der Waals surface area contributed by atoms with E-state index in [0.29, 0.717) is 13.2 Å². The first-order valence-corrected chi connectivity index (χ1v) is 6.65. The van der Waals surface area contributed by atoms with Crippen molar-refractivity contribution in [2.24, 2.45) is 0 Å². The Morgan fingerprint density at radius 2 is 2.00 bits per heavy atom. The van der Waals surface area contributed by atoms with Gasteiger partial charge in [0, 0.05) is 0 Å². The van der Waals surface area contributed by atoms with E-state index >= 15 is 0 Å². The van der Waals surface area contributed by atoms with Crippen molar-refractivity contribution in [3.63, 3.8) is 0 Å². The number of esters is 1. The lowest BCUT2D eigenvalue weighted by atomic mass is 10.0. The van der Waals surface area contributed by atoms with Gasteiger partial charge in [-0.25, -0.2) is 0 Å². The van der Waals surface area contributed by atoms with Crippen molar-refractivity contribution in [3.8, 4) is 0 Å². The van der Waals surface area contributed by atoms with E-state index in [9.17, 15) is 4.79 Å². The monoisotopic (exact) mass is 259 g/mol. The summed E-state index contributed by atoms with van der Waals surface area (Å²) < 4.78 is 16.2. The van der Waals surface area contributed by atoms with Crippen molar-refractivity contribution in [1.82, 2.24) is 5.32 Å². The first kappa shape index (κ1) is 15.4. The maximum absolute atomic E-state index is 11.5. The summed E-state index contributed by atoms with van der Waals surface area (Å²) in [6.45, 7) is 7.12. The summed E-state index contributed by atoms with van der Waals surface area (Å²) in [6, 6.07) is -0.381. The molecule has 0 radical (unpaired) electrons. The second kappa shape index (κ2) is 7.71. The summed E-state index contributed by atoms with van der Waals surface area (Å²) >= 11 is 0. The van der Waals surface area contributed by atoms with Crippen LogP contribution in [0.25, 0.3) is 0 Å². The van der Waals surface area contributed by atoms with Crippen molar-refractivity contribution in [2.75, 3.05) is 20.3 Å². The Hall–Kier alpha value is -0.650.